The number of para-hydroxylation sites is 1. The molecule has 0 fully saturated rings. The molecular formula is C24H32N6O8. The van der Waals surface area contributed by atoms with Crippen molar-refractivity contribution >= 4 is 46.5 Å². The molecule has 206 valence electrons. The minimum atomic E-state index is -1.66. The van der Waals surface area contributed by atoms with Crippen molar-refractivity contribution in [3.63, 3.8) is 0 Å². The largest absolute Gasteiger partial charge is 0.481 e. The molecular weight excluding hydrogens is 500 g/mol. The molecule has 10 N–H and O–H groups in total. The third-order valence-electron chi connectivity index (χ3n) is 5.73. The van der Waals surface area contributed by atoms with Gasteiger partial charge in [0.1, 0.15) is 18.1 Å². The topological polar surface area (TPSA) is 247 Å². The van der Waals surface area contributed by atoms with E-state index in [1.807, 2.05) is 24.3 Å². The van der Waals surface area contributed by atoms with Crippen LogP contribution >= 0.6 is 0 Å². The van der Waals surface area contributed by atoms with Crippen LogP contribution in [0.1, 0.15) is 32.3 Å². The predicted octanol–water partition coefficient (Wildman–Crippen LogP) is -1.42. The van der Waals surface area contributed by atoms with Crippen molar-refractivity contribution in [2.45, 2.75) is 57.3 Å². The van der Waals surface area contributed by atoms with Gasteiger partial charge in [-0.05, 0) is 24.0 Å². The molecule has 4 amide bonds. The Bertz CT molecular complexity index is 1210. The molecule has 1 aromatic heterocycles. The summed E-state index contributed by atoms with van der Waals surface area (Å²) in [6.45, 7) is 3.08. The van der Waals surface area contributed by atoms with Gasteiger partial charge in [0.15, 0.2) is 0 Å². The number of fused-ring (bicyclic) bond motifs is 1. The molecule has 2 rings (SSSR count). The number of aliphatic carboxylic acids is 2. The fourth-order valence-corrected chi connectivity index (χ4v) is 3.74. The Morgan fingerprint density at radius 1 is 0.895 bits per heavy atom. The Kier molecular flexibility index (Phi) is 10.3. The van der Waals surface area contributed by atoms with Gasteiger partial charge in [0.25, 0.3) is 0 Å². The average molecular weight is 533 g/mol. The van der Waals surface area contributed by atoms with Crippen molar-refractivity contribution in [3.05, 3.63) is 36.0 Å². The number of H-pyrrole nitrogens is 1. The quantitative estimate of drug-likeness (QED) is 0.142. The first-order valence-electron chi connectivity index (χ1n) is 11.7. The highest BCUT2D eigenvalue weighted by atomic mass is 16.4. The first kappa shape index (κ1) is 29.8. The van der Waals surface area contributed by atoms with Gasteiger partial charge in [-0.15, -0.1) is 0 Å². The minimum absolute atomic E-state index is 0.0791. The van der Waals surface area contributed by atoms with Crippen LogP contribution in [0.2, 0.25) is 0 Å². The van der Waals surface area contributed by atoms with Crippen LogP contribution in [0.15, 0.2) is 30.5 Å². The predicted molar refractivity (Wildman–Crippen MR) is 134 cm³/mol. The number of hydrogen-bond acceptors (Lipinski definition) is 7. The molecule has 1 aromatic carbocycles. The number of hydrogen-bond donors (Lipinski definition) is 8. The molecule has 14 nitrogen and oxygen atoms in total. The third kappa shape index (κ3) is 8.30. The first-order chi connectivity index (χ1) is 17.8. The zero-order valence-corrected chi connectivity index (χ0v) is 20.9. The smallest absolute Gasteiger partial charge is 0.326 e. The number of carbonyl (C=O) groups excluding carboxylic acids is 4. The van der Waals surface area contributed by atoms with Crippen LogP contribution in [0.4, 0.5) is 0 Å². The number of aromatic nitrogens is 1. The second-order valence-electron chi connectivity index (χ2n) is 9.13. The maximum atomic E-state index is 12.9. The SMILES string of the molecule is CC(C)C(NC(=O)C(CC(N)=O)NC(=O)C(CC(=O)O)NC(=O)C(N)Cc1c[nH]c2ccccc12)C(=O)O. The van der Waals surface area contributed by atoms with Crippen molar-refractivity contribution in [2.75, 3.05) is 0 Å². The number of aromatic amines is 1. The molecule has 4 atom stereocenters. The molecule has 0 aliphatic carbocycles. The van der Waals surface area contributed by atoms with Gasteiger partial charge in [-0.3, -0.25) is 24.0 Å². The van der Waals surface area contributed by atoms with Crippen molar-refractivity contribution in [3.8, 4) is 0 Å². The summed E-state index contributed by atoms with van der Waals surface area (Å²) in [4.78, 5) is 75.7. The van der Waals surface area contributed by atoms with E-state index in [0.29, 0.717) is 0 Å². The number of benzene rings is 1. The molecule has 0 saturated heterocycles. The lowest BCUT2D eigenvalue weighted by atomic mass is 10.0. The fraction of sp³-hybridized carbons (Fsp3) is 0.417. The average Bonchev–Trinajstić information content (AvgIpc) is 3.23. The molecule has 4 unspecified atom stereocenters. The third-order valence-corrected chi connectivity index (χ3v) is 5.73. The van der Waals surface area contributed by atoms with E-state index in [-0.39, 0.29) is 6.42 Å². The van der Waals surface area contributed by atoms with E-state index in [2.05, 4.69) is 20.9 Å². The zero-order chi connectivity index (χ0) is 28.6. The molecule has 0 aliphatic heterocycles. The maximum absolute atomic E-state index is 12.9. The van der Waals surface area contributed by atoms with Crippen LogP contribution in [0.3, 0.4) is 0 Å². The number of carbonyl (C=O) groups is 6. The number of carboxylic acid groups (broad SMARTS) is 2. The summed E-state index contributed by atoms with van der Waals surface area (Å²) >= 11 is 0. The summed E-state index contributed by atoms with van der Waals surface area (Å²) in [6, 6.07) is 1.59. The number of carboxylic acids is 2. The molecule has 1 heterocycles. The van der Waals surface area contributed by atoms with Gasteiger partial charge in [-0.1, -0.05) is 32.0 Å². The van der Waals surface area contributed by atoms with E-state index in [0.717, 1.165) is 16.5 Å². The highest BCUT2D eigenvalue weighted by Crippen LogP contribution is 2.18. The molecule has 2 aromatic rings. The summed E-state index contributed by atoms with van der Waals surface area (Å²) in [5, 5.41) is 26.1. The highest BCUT2D eigenvalue weighted by Gasteiger charge is 2.33. The van der Waals surface area contributed by atoms with E-state index < -0.39 is 78.5 Å². The van der Waals surface area contributed by atoms with Gasteiger partial charge in [0, 0.05) is 17.1 Å². The van der Waals surface area contributed by atoms with E-state index in [1.165, 1.54) is 0 Å². The lowest BCUT2D eigenvalue weighted by molar-refractivity contribution is -0.144. The molecule has 0 spiro atoms. The summed E-state index contributed by atoms with van der Waals surface area (Å²) in [5.41, 5.74) is 12.8. The molecule has 0 bridgehead atoms. The van der Waals surface area contributed by atoms with Crippen LogP contribution in [-0.2, 0) is 35.2 Å². The Morgan fingerprint density at radius 2 is 1.47 bits per heavy atom. The van der Waals surface area contributed by atoms with Gasteiger partial charge in [-0.25, -0.2) is 4.79 Å². The second-order valence-corrected chi connectivity index (χ2v) is 9.13. The summed E-state index contributed by atoms with van der Waals surface area (Å²) in [6.07, 6.45) is 0.214. The summed E-state index contributed by atoms with van der Waals surface area (Å²) in [5.74, 6) is -7.22. The highest BCUT2D eigenvalue weighted by molar-refractivity contribution is 5.97. The monoisotopic (exact) mass is 532 g/mol. The Balaban J connectivity index is 2.15. The van der Waals surface area contributed by atoms with Gasteiger partial charge >= 0.3 is 11.9 Å². The second kappa shape index (κ2) is 13.2. The summed E-state index contributed by atoms with van der Waals surface area (Å²) in [7, 11) is 0. The lowest BCUT2D eigenvalue weighted by Gasteiger charge is -2.25. The number of rotatable bonds is 14. The number of amides is 4. The Morgan fingerprint density at radius 3 is 2.05 bits per heavy atom. The lowest BCUT2D eigenvalue weighted by Crippen LogP contribution is -2.58. The van der Waals surface area contributed by atoms with Crippen molar-refractivity contribution in [2.24, 2.45) is 17.4 Å². The van der Waals surface area contributed by atoms with Crippen LogP contribution < -0.4 is 27.4 Å². The molecule has 38 heavy (non-hydrogen) atoms. The fourth-order valence-electron chi connectivity index (χ4n) is 3.74. The molecule has 0 saturated carbocycles. The van der Waals surface area contributed by atoms with Crippen LogP contribution in [0.25, 0.3) is 10.9 Å². The van der Waals surface area contributed by atoms with E-state index in [9.17, 15) is 39.0 Å². The number of nitrogens with two attached hydrogens (primary N) is 2. The maximum Gasteiger partial charge on any atom is 0.326 e. The van der Waals surface area contributed by atoms with Crippen LogP contribution in [0, 0.1) is 5.92 Å². The number of nitrogens with one attached hydrogen (secondary N) is 4. The van der Waals surface area contributed by atoms with Crippen molar-refractivity contribution in [1.29, 1.82) is 0 Å². The molecule has 0 radical (unpaired) electrons. The van der Waals surface area contributed by atoms with E-state index in [1.54, 1.807) is 20.0 Å². The Hall–Kier alpha value is -4.46. The van der Waals surface area contributed by atoms with Gasteiger partial charge in [0.2, 0.25) is 23.6 Å². The first-order valence-corrected chi connectivity index (χ1v) is 11.7. The van der Waals surface area contributed by atoms with Crippen LogP contribution in [0.5, 0.6) is 0 Å². The zero-order valence-electron chi connectivity index (χ0n) is 20.9. The number of primary amides is 1. The van der Waals surface area contributed by atoms with Gasteiger partial charge in [-0.2, -0.15) is 0 Å². The van der Waals surface area contributed by atoms with Gasteiger partial charge < -0.3 is 42.6 Å². The van der Waals surface area contributed by atoms with Crippen LogP contribution in [-0.4, -0.2) is 74.9 Å². The minimum Gasteiger partial charge on any atom is -0.481 e. The van der Waals surface area contributed by atoms with Crippen molar-refractivity contribution < 1.29 is 39.0 Å². The van der Waals surface area contributed by atoms with Crippen molar-refractivity contribution in [1.82, 2.24) is 20.9 Å². The van der Waals surface area contributed by atoms with E-state index in [4.69, 9.17) is 11.5 Å². The summed E-state index contributed by atoms with van der Waals surface area (Å²) < 4.78 is 0. The molecule has 14 heteroatoms. The Labute approximate surface area is 217 Å². The molecule has 0 aliphatic rings. The normalized spacial score (nSPS) is 14.2. The van der Waals surface area contributed by atoms with Gasteiger partial charge in [0.05, 0.1) is 18.9 Å². The van der Waals surface area contributed by atoms with E-state index >= 15 is 0 Å². The standard InChI is InChI=1S/C24H32N6O8/c1-11(2)20(24(37)38)30-23(36)16(8-18(26)31)29-22(35)17(9-19(32)33)28-21(34)14(25)7-12-10-27-15-6-4-3-5-13(12)15/h3-6,10-11,14,16-17,20,27H,7-9,25H2,1-2H3,(H2,26,31)(H,28,34)(H,29,35)(H,30,36)(H,32,33)(H,37,38).